The number of alkyl halides is 6. The van der Waals surface area contributed by atoms with Gasteiger partial charge < -0.3 is 10.6 Å². The predicted octanol–water partition coefficient (Wildman–Crippen LogP) is 4.23. The Morgan fingerprint density at radius 3 is 2.29 bits per heavy atom. The van der Waals surface area contributed by atoms with Gasteiger partial charge in [0.25, 0.3) is 5.56 Å². The molecular formula is C23H24F6N4O2. The van der Waals surface area contributed by atoms with Crippen LogP contribution in [-0.4, -0.2) is 39.3 Å². The average Bonchev–Trinajstić information content (AvgIpc) is 3.59. The van der Waals surface area contributed by atoms with E-state index in [1.165, 1.54) is 4.57 Å². The van der Waals surface area contributed by atoms with Gasteiger partial charge in [0.15, 0.2) is 5.92 Å². The summed E-state index contributed by atoms with van der Waals surface area (Å²) in [6.45, 7) is -0.566. The lowest BCUT2D eigenvalue weighted by atomic mass is 9.99. The molecule has 0 bridgehead atoms. The highest BCUT2D eigenvalue weighted by Crippen LogP contribution is 2.42. The van der Waals surface area contributed by atoms with Gasteiger partial charge in [0.1, 0.15) is 0 Å². The molecule has 2 N–H and O–H groups in total. The standard InChI is InChI=1S/C23H24F6N4O2/c24-22(25,26)18(23(27,28)29)11-19(34)32-9-8-15-16(12-32)31-21(30)33(20(15)35)17(10-13-6-7-13)14-4-2-1-3-5-14/h1-5,13,17-18H,6-12H2,(H2,30,31). The topological polar surface area (TPSA) is 81.2 Å². The second-order valence-electron chi connectivity index (χ2n) is 9.08. The molecule has 2 aliphatic rings. The van der Waals surface area contributed by atoms with Crippen molar-refractivity contribution < 1.29 is 31.1 Å². The number of nitrogen functional groups attached to an aromatic ring is 1. The van der Waals surface area contributed by atoms with E-state index in [-0.39, 0.29) is 42.8 Å². The van der Waals surface area contributed by atoms with Crippen molar-refractivity contribution >= 4 is 11.9 Å². The largest absolute Gasteiger partial charge is 0.400 e. The van der Waals surface area contributed by atoms with Crippen molar-refractivity contribution in [3.8, 4) is 0 Å². The van der Waals surface area contributed by atoms with E-state index in [0.29, 0.717) is 12.3 Å². The van der Waals surface area contributed by atoms with Crippen molar-refractivity contribution in [1.82, 2.24) is 14.5 Å². The Balaban J connectivity index is 1.60. The summed E-state index contributed by atoms with van der Waals surface area (Å²) in [7, 11) is 0. The van der Waals surface area contributed by atoms with Crippen LogP contribution in [0, 0.1) is 11.8 Å². The van der Waals surface area contributed by atoms with E-state index in [4.69, 9.17) is 5.73 Å². The second kappa shape index (κ2) is 9.19. The number of anilines is 1. The summed E-state index contributed by atoms with van der Waals surface area (Å²) >= 11 is 0. The van der Waals surface area contributed by atoms with E-state index < -0.39 is 36.2 Å². The zero-order valence-electron chi connectivity index (χ0n) is 18.6. The molecule has 1 aromatic carbocycles. The number of hydrogen-bond acceptors (Lipinski definition) is 4. The van der Waals surface area contributed by atoms with Gasteiger partial charge in [0.2, 0.25) is 11.9 Å². The highest BCUT2D eigenvalue weighted by atomic mass is 19.4. The first-order valence-corrected chi connectivity index (χ1v) is 11.2. The van der Waals surface area contributed by atoms with Crippen LogP contribution in [0.1, 0.15) is 48.5 Å². The van der Waals surface area contributed by atoms with Crippen LogP contribution in [0.5, 0.6) is 0 Å². The molecule has 1 atom stereocenters. The van der Waals surface area contributed by atoms with Crippen molar-refractivity contribution in [3.63, 3.8) is 0 Å². The lowest BCUT2D eigenvalue weighted by Crippen LogP contribution is -2.45. The SMILES string of the molecule is Nc1nc2c(c(=O)n1C(CC1CC1)c1ccccc1)CCN(C(=O)CC(C(F)(F)F)C(F)(F)F)C2. The molecule has 1 saturated carbocycles. The predicted molar refractivity (Wildman–Crippen MR) is 114 cm³/mol. The minimum absolute atomic E-state index is 0.0408. The van der Waals surface area contributed by atoms with Crippen LogP contribution in [0.15, 0.2) is 35.1 Å². The summed E-state index contributed by atoms with van der Waals surface area (Å²) in [6.07, 6.45) is -10.2. The molecule has 1 aromatic heterocycles. The van der Waals surface area contributed by atoms with Crippen LogP contribution in [0.3, 0.4) is 0 Å². The number of aromatic nitrogens is 2. The number of fused-ring (bicyclic) bond motifs is 1. The maximum Gasteiger partial charge on any atom is 0.400 e. The van der Waals surface area contributed by atoms with Crippen LogP contribution >= 0.6 is 0 Å². The van der Waals surface area contributed by atoms with Crippen molar-refractivity contribution in [2.24, 2.45) is 11.8 Å². The lowest BCUT2D eigenvalue weighted by Gasteiger charge is -2.31. The number of rotatable bonds is 6. The Morgan fingerprint density at radius 1 is 1.09 bits per heavy atom. The highest BCUT2D eigenvalue weighted by molar-refractivity contribution is 5.77. The van der Waals surface area contributed by atoms with Crippen molar-refractivity contribution in [1.29, 1.82) is 0 Å². The van der Waals surface area contributed by atoms with Gasteiger partial charge in [-0.25, -0.2) is 4.98 Å². The zero-order valence-corrected chi connectivity index (χ0v) is 18.6. The average molecular weight is 502 g/mol. The van der Waals surface area contributed by atoms with Crippen molar-refractivity contribution in [2.75, 3.05) is 12.3 Å². The first-order valence-electron chi connectivity index (χ1n) is 11.2. The minimum Gasteiger partial charge on any atom is -0.369 e. The molecule has 12 heteroatoms. The molecule has 1 aliphatic heterocycles. The smallest absolute Gasteiger partial charge is 0.369 e. The van der Waals surface area contributed by atoms with E-state index in [0.717, 1.165) is 23.3 Å². The first kappa shape index (κ1) is 25.1. The quantitative estimate of drug-likeness (QED) is 0.600. The number of amides is 1. The monoisotopic (exact) mass is 502 g/mol. The summed E-state index contributed by atoms with van der Waals surface area (Å²) in [5.41, 5.74) is 6.99. The maximum absolute atomic E-state index is 13.4. The third-order valence-electron chi connectivity index (χ3n) is 6.57. The summed E-state index contributed by atoms with van der Waals surface area (Å²) in [6, 6.07) is 8.96. The van der Waals surface area contributed by atoms with Gasteiger partial charge in [-0.1, -0.05) is 43.2 Å². The van der Waals surface area contributed by atoms with E-state index >= 15 is 0 Å². The summed E-state index contributed by atoms with van der Waals surface area (Å²) in [4.78, 5) is 30.9. The third kappa shape index (κ3) is 5.46. The van der Waals surface area contributed by atoms with E-state index in [1.54, 1.807) is 0 Å². The molecule has 0 saturated heterocycles. The zero-order chi connectivity index (χ0) is 25.5. The molecule has 1 aliphatic carbocycles. The maximum atomic E-state index is 13.4. The summed E-state index contributed by atoms with van der Waals surface area (Å²) < 4.78 is 78.7. The van der Waals surface area contributed by atoms with Gasteiger partial charge in [0.05, 0.1) is 18.3 Å². The Morgan fingerprint density at radius 2 is 1.71 bits per heavy atom. The Bertz CT molecular complexity index is 1130. The van der Waals surface area contributed by atoms with Gasteiger partial charge in [-0.05, 0) is 24.3 Å². The molecule has 0 spiro atoms. The number of hydrogen-bond donors (Lipinski definition) is 1. The minimum atomic E-state index is -5.61. The second-order valence-corrected chi connectivity index (χ2v) is 9.08. The normalized spacial score (nSPS) is 17.4. The Hall–Kier alpha value is -3.05. The van der Waals surface area contributed by atoms with Crippen LogP contribution in [-0.2, 0) is 17.8 Å². The van der Waals surface area contributed by atoms with Crippen molar-refractivity contribution in [2.45, 2.75) is 57.0 Å². The highest BCUT2D eigenvalue weighted by Gasteiger charge is 2.57. The Kier molecular flexibility index (Phi) is 6.58. The number of nitrogens with two attached hydrogens (primary N) is 1. The number of nitrogens with zero attached hydrogens (tertiary/aromatic N) is 3. The van der Waals surface area contributed by atoms with Gasteiger partial charge in [-0.15, -0.1) is 0 Å². The molecule has 35 heavy (non-hydrogen) atoms. The molecule has 6 nitrogen and oxygen atoms in total. The van der Waals surface area contributed by atoms with Crippen LogP contribution in [0.2, 0.25) is 0 Å². The number of benzene rings is 1. The van der Waals surface area contributed by atoms with Gasteiger partial charge in [-0.3, -0.25) is 14.2 Å². The first-order chi connectivity index (χ1) is 16.4. The molecule has 2 aromatic rings. The molecule has 190 valence electrons. The van der Waals surface area contributed by atoms with Gasteiger partial charge in [-0.2, -0.15) is 26.3 Å². The van der Waals surface area contributed by atoms with E-state index in [1.807, 2.05) is 30.3 Å². The fourth-order valence-corrected chi connectivity index (χ4v) is 4.49. The number of carbonyl (C=O) groups is 1. The lowest BCUT2D eigenvalue weighted by molar-refractivity contribution is -0.284. The molecule has 2 heterocycles. The van der Waals surface area contributed by atoms with E-state index in [9.17, 15) is 35.9 Å². The fourth-order valence-electron chi connectivity index (χ4n) is 4.49. The van der Waals surface area contributed by atoms with E-state index in [2.05, 4.69) is 4.98 Å². The molecule has 1 unspecified atom stereocenters. The molecule has 1 amide bonds. The van der Waals surface area contributed by atoms with Crippen LogP contribution in [0.25, 0.3) is 0 Å². The molecule has 4 rings (SSSR count). The van der Waals surface area contributed by atoms with Gasteiger partial charge >= 0.3 is 12.4 Å². The van der Waals surface area contributed by atoms with Gasteiger partial charge in [0, 0.05) is 18.5 Å². The number of carbonyl (C=O) groups excluding carboxylic acids is 1. The summed E-state index contributed by atoms with van der Waals surface area (Å²) in [5.74, 6) is -4.73. The fraction of sp³-hybridized carbons (Fsp3) is 0.522. The van der Waals surface area contributed by atoms with Crippen LogP contribution < -0.4 is 11.3 Å². The molecule has 0 radical (unpaired) electrons. The summed E-state index contributed by atoms with van der Waals surface area (Å²) in [5, 5.41) is 0. The molecule has 1 fully saturated rings. The molecular weight excluding hydrogens is 478 g/mol. The van der Waals surface area contributed by atoms with Crippen LogP contribution in [0.4, 0.5) is 32.3 Å². The number of halogens is 6. The third-order valence-corrected chi connectivity index (χ3v) is 6.57. The van der Waals surface area contributed by atoms with Crippen molar-refractivity contribution in [3.05, 3.63) is 57.5 Å². The Labute approximate surface area is 196 Å².